The summed E-state index contributed by atoms with van der Waals surface area (Å²) in [4.78, 5) is 8.93. The van der Waals surface area contributed by atoms with Crippen molar-refractivity contribution < 1.29 is 9.13 Å². The van der Waals surface area contributed by atoms with Gasteiger partial charge in [0.25, 0.3) is 0 Å². The zero-order valence-corrected chi connectivity index (χ0v) is 12.9. The molecule has 0 radical (unpaired) electrons. The molecule has 1 aliphatic rings. The molecule has 1 atom stereocenters. The van der Waals surface area contributed by atoms with Crippen molar-refractivity contribution in [2.75, 3.05) is 23.8 Å². The number of halogens is 1. The Balaban J connectivity index is 1.58. The monoisotopic (exact) mass is 328 g/mol. The lowest BCUT2D eigenvalue weighted by molar-refractivity contribution is 0.120. The van der Waals surface area contributed by atoms with Gasteiger partial charge in [0.05, 0.1) is 17.7 Å². The smallest absolute Gasteiger partial charge is 0.226 e. The molecule has 3 N–H and O–H groups in total. The highest BCUT2D eigenvalue weighted by molar-refractivity contribution is 5.88. The molecule has 0 spiro atoms. The van der Waals surface area contributed by atoms with Crippen LogP contribution in [-0.4, -0.2) is 39.4 Å². The Bertz CT molecular complexity index is 828. The molecule has 4 rings (SSSR count). The largest absolute Gasteiger partial charge is 0.376 e. The molecule has 1 fully saturated rings. The fraction of sp³-hybridized carbons (Fsp3) is 0.312. The first-order valence-electron chi connectivity index (χ1n) is 7.87. The number of anilines is 3. The summed E-state index contributed by atoms with van der Waals surface area (Å²) in [5.74, 6) is 0.817. The Morgan fingerprint density at radius 3 is 2.92 bits per heavy atom. The lowest BCUT2D eigenvalue weighted by Gasteiger charge is -2.12. The zero-order valence-electron chi connectivity index (χ0n) is 12.9. The van der Waals surface area contributed by atoms with E-state index in [1.54, 1.807) is 18.3 Å². The van der Waals surface area contributed by atoms with Crippen molar-refractivity contribution in [3.63, 3.8) is 0 Å². The van der Waals surface area contributed by atoms with E-state index in [1.807, 2.05) is 0 Å². The van der Waals surface area contributed by atoms with Crippen molar-refractivity contribution in [2.24, 2.45) is 0 Å². The van der Waals surface area contributed by atoms with Gasteiger partial charge in [-0.15, -0.1) is 0 Å². The molecule has 7 nitrogen and oxygen atoms in total. The minimum absolute atomic E-state index is 0.194. The zero-order chi connectivity index (χ0) is 16.4. The Kier molecular flexibility index (Phi) is 3.96. The van der Waals surface area contributed by atoms with Gasteiger partial charge in [-0.2, -0.15) is 15.1 Å². The van der Waals surface area contributed by atoms with Crippen LogP contribution in [0.25, 0.3) is 11.0 Å². The predicted molar refractivity (Wildman–Crippen MR) is 88.8 cm³/mol. The third-order valence-electron chi connectivity index (χ3n) is 3.93. The van der Waals surface area contributed by atoms with Crippen molar-refractivity contribution >= 4 is 28.5 Å². The maximum absolute atomic E-state index is 13.1. The van der Waals surface area contributed by atoms with Crippen LogP contribution < -0.4 is 10.6 Å². The second kappa shape index (κ2) is 6.40. The second-order valence-electron chi connectivity index (χ2n) is 5.68. The normalized spacial score (nSPS) is 17.3. The van der Waals surface area contributed by atoms with Crippen LogP contribution in [0.3, 0.4) is 0 Å². The number of rotatable bonds is 5. The fourth-order valence-corrected chi connectivity index (χ4v) is 2.69. The quantitative estimate of drug-likeness (QED) is 0.667. The molecule has 0 saturated carbocycles. The summed E-state index contributed by atoms with van der Waals surface area (Å²) in [6.45, 7) is 1.47. The van der Waals surface area contributed by atoms with Crippen LogP contribution in [0.15, 0.2) is 30.5 Å². The number of benzene rings is 1. The summed E-state index contributed by atoms with van der Waals surface area (Å²) < 4.78 is 18.6. The predicted octanol–water partition coefficient (Wildman–Crippen LogP) is 2.83. The summed E-state index contributed by atoms with van der Waals surface area (Å²) in [6.07, 6.45) is 3.98. The van der Waals surface area contributed by atoms with Crippen molar-refractivity contribution in [2.45, 2.75) is 18.9 Å². The molecule has 0 bridgehead atoms. The minimum Gasteiger partial charge on any atom is -0.376 e. The highest BCUT2D eigenvalue weighted by atomic mass is 19.1. The van der Waals surface area contributed by atoms with E-state index < -0.39 is 0 Å². The van der Waals surface area contributed by atoms with Gasteiger partial charge in [-0.3, -0.25) is 5.10 Å². The van der Waals surface area contributed by atoms with Gasteiger partial charge in [0.15, 0.2) is 5.65 Å². The molecule has 0 amide bonds. The average molecular weight is 328 g/mol. The first-order chi connectivity index (χ1) is 11.8. The first-order valence-corrected chi connectivity index (χ1v) is 7.87. The molecule has 1 aromatic carbocycles. The molecule has 1 aliphatic heterocycles. The molecule has 0 unspecified atom stereocenters. The Morgan fingerprint density at radius 2 is 2.12 bits per heavy atom. The maximum Gasteiger partial charge on any atom is 0.226 e. The fourth-order valence-electron chi connectivity index (χ4n) is 2.69. The summed E-state index contributed by atoms with van der Waals surface area (Å²) >= 11 is 0. The molecule has 124 valence electrons. The second-order valence-corrected chi connectivity index (χ2v) is 5.68. The Morgan fingerprint density at radius 1 is 1.25 bits per heavy atom. The van der Waals surface area contributed by atoms with Gasteiger partial charge in [-0.1, -0.05) is 0 Å². The Labute approximate surface area is 137 Å². The number of hydrogen-bond acceptors (Lipinski definition) is 6. The molecular formula is C16H17FN6O. The van der Waals surface area contributed by atoms with Crippen molar-refractivity contribution in [1.82, 2.24) is 20.2 Å². The number of aromatic amines is 1. The van der Waals surface area contributed by atoms with Crippen molar-refractivity contribution in [3.8, 4) is 0 Å². The molecule has 24 heavy (non-hydrogen) atoms. The minimum atomic E-state index is -0.282. The number of H-pyrrole nitrogens is 1. The van der Waals surface area contributed by atoms with Gasteiger partial charge >= 0.3 is 0 Å². The standard InChI is InChI=1S/C16H17FN6O/c17-10-3-5-11(6-4-10)20-14-13-9-19-23-15(13)22-16(21-14)18-8-12-2-1-7-24-12/h3-6,9,12H,1-2,7-8H2,(H3,18,19,20,21,22,23)/t12-/m1/s1. The SMILES string of the molecule is Fc1ccc(Nc2nc(NC[C@H]3CCCO3)nc3[nH]ncc23)cc1. The lowest BCUT2D eigenvalue weighted by Crippen LogP contribution is -2.19. The summed E-state index contributed by atoms with van der Waals surface area (Å²) in [5, 5.41) is 14.0. The molecule has 8 heteroatoms. The highest BCUT2D eigenvalue weighted by Gasteiger charge is 2.16. The lowest BCUT2D eigenvalue weighted by atomic mass is 10.2. The summed E-state index contributed by atoms with van der Waals surface area (Å²) in [6, 6.07) is 6.10. The summed E-state index contributed by atoms with van der Waals surface area (Å²) in [7, 11) is 0. The van der Waals surface area contributed by atoms with E-state index >= 15 is 0 Å². The third-order valence-corrected chi connectivity index (χ3v) is 3.93. The van der Waals surface area contributed by atoms with Crippen LogP contribution in [0.4, 0.5) is 21.8 Å². The number of nitrogens with one attached hydrogen (secondary N) is 3. The number of hydrogen-bond donors (Lipinski definition) is 3. The van der Waals surface area contributed by atoms with Crippen LogP contribution in [0.1, 0.15) is 12.8 Å². The highest BCUT2D eigenvalue weighted by Crippen LogP contribution is 2.24. The van der Waals surface area contributed by atoms with Gasteiger partial charge in [0, 0.05) is 18.8 Å². The molecule has 3 aromatic rings. The van der Waals surface area contributed by atoms with Crippen LogP contribution in [0, 0.1) is 5.82 Å². The van der Waals surface area contributed by atoms with Gasteiger partial charge in [0.2, 0.25) is 5.95 Å². The topological polar surface area (TPSA) is 87.8 Å². The van der Waals surface area contributed by atoms with E-state index in [-0.39, 0.29) is 11.9 Å². The van der Waals surface area contributed by atoms with E-state index in [0.717, 1.165) is 30.5 Å². The molecule has 2 aromatic heterocycles. The third kappa shape index (κ3) is 3.13. The molecule has 0 aliphatic carbocycles. The molecule has 1 saturated heterocycles. The van der Waals surface area contributed by atoms with Crippen LogP contribution in [0.5, 0.6) is 0 Å². The van der Waals surface area contributed by atoms with E-state index in [2.05, 4.69) is 30.8 Å². The maximum atomic E-state index is 13.1. The number of fused-ring (bicyclic) bond motifs is 1. The first kappa shape index (κ1) is 14.8. The summed E-state index contributed by atoms with van der Waals surface area (Å²) in [5.41, 5.74) is 1.37. The number of aromatic nitrogens is 4. The van der Waals surface area contributed by atoms with E-state index in [0.29, 0.717) is 24.0 Å². The van der Waals surface area contributed by atoms with E-state index in [4.69, 9.17) is 4.74 Å². The van der Waals surface area contributed by atoms with Gasteiger partial charge in [-0.05, 0) is 37.1 Å². The van der Waals surface area contributed by atoms with Crippen molar-refractivity contribution in [3.05, 3.63) is 36.3 Å². The average Bonchev–Trinajstić information content (AvgIpc) is 3.26. The van der Waals surface area contributed by atoms with Gasteiger partial charge < -0.3 is 15.4 Å². The van der Waals surface area contributed by atoms with Crippen LogP contribution in [0.2, 0.25) is 0 Å². The Hall–Kier alpha value is -2.74. The van der Waals surface area contributed by atoms with Gasteiger partial charge in [0.1, 0.15) is 11.6 Å². The van der Waals surface area contributed by atoms with E-state index in [9.17, 15) is 4.39 Å². The van der Waals surface area contributed by atoms with Crippen LogP contribution in [-0.2, 0) is 4.74 Å². The number of ether oxygens (including phenoxy) is 1. The van der Waals surface area contributed by atoms with Crippen LogP contribution >= 0.6 is 0 Å². The number of nitrogens with zero attached hydrogens (tertiary/aromatic N) is 3. The molecular weight excluding hydrogens is 311 g/mol. The van der Waals surface area contributed by atoms with Gasteiger partial charge in [-0.25, -0.2) is 4.39 Å². The molecule has 3 heterocycles. The van der Waals surface area contributed by atoms with E-state index in [1.165, 1.54) is 12.1 Å². The van der Waals surface area contributed by atoms with Crippen molar-refractivity contribution in [1.29, 1.82) is 0 Å².